The summed E-state index contributed by atoms with van der Waals surface area (Å²) < 4.78 is 53.7. The van der Waals surface area contributed by atoms with Gasteiger partial charge in [0.1, 0.15) is 6.54 Å². The molecule has 0 spiro atoms. The smallest absolute Gasteiger partial charge is 0.420 e. The van der Waals surface area contributed by atoms with Crippen molar-refractivity contribution in [1.29, 1.82) is 0 Å². The van der Waals surface area contributed by atoms with Crippen molar-refractivity contribution < 1.29 is 36.6 Å². The third-order valence-corrected chi connectivity index (χ3v) is 4.45. The number of alkyl halides is 3. The Hall–Kier alpha value is -4.49. The lowest BCUT2D eigenvalue weighted by atomic mass is 10.1. The minimum atomic E-state index is -4.48. The summed E-state index contributed by atoms with van der Waals surface area (Å²) in [4.78, 5) is 38.2. The van der Waals surface area contributed by atoms with Gasteiger partial charge >= 0.3 is 17.9 Å². The Labute approximate surface area is 180 Å². The summed E-state index contributed by atoms with van der Waals surface area (Å²) in [5.74, 6) is -1.91. The van der Waals surface area contributed by atoms with Crippen molar-refractivity contribution in [3.8, 4) is 11.4 Å². The summed E-state index contributed by atoms with van der Waals surface area (Å²) in [5.41, 5.74) is -0.772. The van der Waals surface area contributed by atoms with E-state index in [-0.39, 0.29) is 34.1 Å². The van der Waals surface area contributed by atoms with E-state index in [0.29, 0.717) is 0 Å². The van der Waals surface area contributed by atoms with E-state index in [1.807, 2.05) is 0 Å². The minimum Gasteiger partial charge on any atom is -0.454 e. The Bertz CT molecular complexity index is 1400. The molecule has 0 N–H and O–H groups in total. The molecule has 170 valence electrons. The van der Waals surface area contributed by atoms with Crippen molar-refractivity contribution in [3.05, 3.63) is 74.6 Å². The number of esters is 1. The van der Waals surface area contributed by atoms with E-state index in [1.54, 1.807) is 0 Å². The van der Waals surface area contributed by atoms with Gasteiger partial charge in [-0.15, -0.1) is 0 Å². The number of halogens is 3. The number of hydrogen-bond donors (Lipinski definition) is 0. The van der Waals surface area contributed by atoms with Crippen LogP contribution in [-0.4, -0.2) is 25.6 Å². The molecule has 0 aliphatic rings. The number of carbonyl (C=O) groups is 1. The van der Waals surface area contributed by atoms with Gasteiger partial charge in [0, 0.05) is 11.6 Å². The van der Waals surface area contributed by atoms with E-state index in [4.69, 9.17) is 13.7 Å². The van der Waals surface area contributed by atoms with Crippen molar-refractivity contribution in [2.75, 3.05) is 0 Å². The molecular weight excluding hydrogens is 453 g/mol. The van der Waals surface area contributed by atoms with E-state index >= 15 is 0 Å². The largest absolute Gasteiger partial charge is 0.454 e. The SMILES string of the molecule is O=C(Cn1c(=O)oc2cc([N+](=O)[O-])ccc21)OCc1nc(-c2ccc(C(F)(F)F)cc2)no1. The van der Waals surface area contributed by atoms with Gasteiger partial charge in [-0.2, -0.15) is 18.2 Å². The molecule has 4 aromatic rings. The van der Waals surface area contributed by atoms with Crippen LogP contribution >= 0.6 is 0 Å². The normalized spacial score (nSPS) is 11.6. The predicted octanol–water partition coefficient (Wildman–Crippen LogP) is 3.31. The molecule has 0 radical (unpaired) electrons. The number of nitro groups is 1. The van der Waals surface area contributed by atoms with Crippen LogP contribution in [0.5, 0.6) is 0 Å². The van der Waals surface area contributed by atoms with Gasteiger partial charge in [0.25, 0.3) is 11.6 Å². The first-order valence-corrected chi connectivity index (χ1v) is 9.05. The number of benzene rings is 2. The highest BCUT2D eigenvalue weighted by Gasteiger charge is 2.30. The Morgan fingerprint density at radius 3 is 2.58 bits per heavy atom. The molecule has 33 heavy (non-hydrogen) atoms. The average Bonchev–Trinajstić information content (AvgIpc) is 3.36. The molecule has 0 amide bonds. The molecule has 0 unspecified atom stereocenters. The summed E-state index contributed by atoms with van der Waals surface area (Å²) in [5, 5.41) is 14.4. The summed E-state index contributed by atoms with van der Waals surface area (Å²) in [6.07, 6.45) is -4.48. The monoisotopic (exact) mass is 464 g/mol. The molecule has 0 atom stereocenters. The summed E-state index contributed by atoms with van der Waals surface area (Å²) in [6.45, 7) is -1.01. The molecule has 4 rings (SSSR count). The zero-order chi connectivity index (χ0) is 23.8. The molecule has 2 aromatic carbocycles. The first-order valence-electron chi connectivity index (χ1n) is 9.05. The topological polar surface area (TPSA) is 144 Å². The lowest BCUT2D eigenvalue weighted by molar-refractivity contribution is -0.384. The molecule has 0 saturated heterocycles. The number of hydrogen-bond acceptors (Lipinski definition) is 9. The van der Waals surface area contributed by atoms with E-state index in [0.717, 1.165) is 28.8 Å². The standard InChI is InChI=1S/C19H11F3N4O7/c20-19(21,22)11-3-1-10(2-4-11)17-23-15(33-24-17)9-31-16(27)8-25-13-6-5-12(26(29)30)7-14(13)32-18(25)28/h1-7H,8-9H2. The molecular formula is C19H11F3N4O7. The average molecular weight is 464 g/mol. The number of non-ortho nitro benzene ring substituents is 1. The lowest BCUT2D eigenvalue weighted by Gasteiger charge is -2.05. The van der Waals surface area contributed by atoms with Crippen LogP contribution in [0.4, 0.5) is 18.9 Å². The molecule has 11 nitrogen and oxygen atoms in total. The maximum Gasteiger partial charge on any atom is 0.420 e. The fraction of sp³-hybridized carbons (Fsp3) is 0.158. The Morgan fingerprint density at radius 1 is 1.18 bits per heavy atom. The maximum absolute atomic E-state index is 12.6. The van der Waals surface area contributed by atoms with Gasteiger partial charge in [0.15, 0.2) is 12.2 Å². The second-order valence-electron chi connectivity index (χ2n) is 6.61. The number of nitro benzene ring substituents is 1. The fourth-order valence-corrected chi connectivity index (χ4v) is 2.87. The molecule has 2 aromatic heterocycles. The number of rotatable bonds is 6. The number of oxazole rings is 1. The highest BCUT2D eigenvalue weighted by molar-refractivity contribution is 5.78. The van der Waals surface area contributed by atoms with Gasteiger partial charge in [-0.1, -0.05) is 17.3 Å². The van der Waals surface area contributed by atoms with Crippen LogP contribution < -0.4 is 5.76 Å². The number of ether oxygens (including phenoxy) is 1. The molecule has 0 aliphatic heterocycles. The number of fused-ring (bicyclic) bond motifs is 1. The maximum atomic E-state index is 12.6. The van der Waals surface area contributed by atoms with Crippen molar-refractivity contribution in [3.63, 3.8) is 0 Å². The molecule has 0 fully saturated rings. The highest BCUT2D eigenvalue weighted by atomic mass is 19.4. The second kappa shape index (κ2) is 8.22. The minimum absolute atomic E-state index is 0.00610. The highest BCUT2D eigenvalue weighted by Crippen LogP contribution is 2.30. The number of aromatic nitrogens is 3. The van der Waals surface area contributed by atoms with Crippen LogP contribution in [0.15, 0.2) is 56.2 Å². The third-order valence-electron chi connectivity index (χ3n) is 4.45. The summed E-state index contributed by atoms with van der Waals surface area (Å²) in [6, 6.07) is 7.55. The van der Waals surface area contributed by atoms with Crippen LogP contribution in [0.25, 0.3) is 22.5 Å². The fourth-order valence-electron chi connectivity index (χ4n) is 2.87. The van der Waals surface area contributed by atoms with Crippen molar-refractivity contribution >= 4 is 22.8 Å². The van der Waals surface area contributed by atoms with E-state index in [2.05, 4.69) is 10.1 Å². The van der Waals surface area contributed by atoms with E-state index in [1.165, 1.54) is 18.2 Å². The Balaban J connectivity index is 1.41. The van der Waals surface area contributed by atoms with Crippen molar-refractivity contribution in [2.45, 2.75) is 19.3 Å². The molecule has 14 heteroatoms. The van der Waals surface area contributed by atoms with Crippen molar-refractivity contribution in [2.24, 2.45) is 0 Å². The first kappa shape index (κ1) is 21.7. The van der Waals surface area contributed by atoms with Gasteiger partial charge in [-0.3, -0.25) is 19.5 Å². The predicted molar refractivity (Wildman–Crippen MR) is 102 cm³/mol. The number of carbonyl (C=O) groups excluding carboxylic acids is 1. The van der Waals surface area contributed by atoms with Gasteiger partial charge < -0.3 is 13.7 Å². The molecule has 0 aliphatic carbocycles. The Kier molecular flexibility index (Phi) is 5.41. The van der Waals surface area contributed by atoms with Gasteiger partial charge in [-0.25, -0.2) is 4.79 Å². The zero-order valence-corrected chi connectivity index (χ0v) is 16.2. The van der Waals surface area contributed by atoms with Gasteiger partial charge in [0.2, 0.25) is 5.82 Å². The quantitative estimate of drug-likeness (QED) is 0.238. The third kappa shape index (κ3) is 4.58. The Morgan fingerprint density at radius 2 is 1.91 bits per heavy atom. The van der Waals surface area contributed by atoms with Gasteiger partial charge in [0.05, 0.1) is 22.1 Å². The summed E-state index contributed by atoms with van der Waals surface area (Å²) >= 11 is 0. The van der Waals surface area contributed by atoms with E-state index < -0.39 is 41.5 Å². The summed E-state index contributed by atoms with van der Waals surface area (Å²) in [7, 11) is 0. The second-order valence-corrected chi connectivity index (χ2v) is 6.61. The molecule has 0 saturated carbocycles. The number of nitrogens with zero attached hydrogens (tertiary/aromatic N) is 4. The van der Waals surface area contributed by atoms with Crippen LogP contribution in [0.2, 0.25) is 0 Å². The van der Waals surface area contributed by atoms with E-state index in [9.17, 15) is 32.9 Å². The molecule has 0 bridgehead atoms. The van der Waals surface area contributed by atoms with Crippen LogP contribution in [-0.2, 0) is 28.9 Å². The first-order chi connectivity index (χ1) is 15.6. The van der Waals surface area contributed by atoms with Crippen molar-refractivity contribution in [1.82, 2.24) is 14.7 Å². The van der Waals surface area contributed by atoms with Crippen LogP contribution in [0.1, 0.15) is 11.5 Å². The van der Waals surface area contributed by atoms with Crippen LogP contribution in [0.3, 0.4) is 0 Å². The van der Waals surface area contributed by atoms with Crippen LogP contribution in [0, 0.1) is 10.1 Å². The van der Waals surface area contributed by atoms with Gasteiger partial charge in [-0.05, 0) is 18.2 Å². The lowest BCUT2D eigenvalue weighted by Crippen LogP contribution is -2.21. The molecule has 2 heterocycles. The zero-order valence-electron chi connectivity index (χ0n) is 16.2.